The Bertz CT molecular complexity index is 1070. The molecule has 1 aromatic heterocycles. The van der Waals surface area contributed by atoms with Crippen LogP contribution in [0.15, 0.2) is 57.4 Å². The van der Waals surface area contributed by atoms with Crippen molar-refractivity contribution in [1.82, 2.24) is 4.98 Å². The average molecular weight is 460 g/mol. The molecule has 2 aromatic carbocycles. The predicted octanol–water partition coefficient (Wildman–Crippen LogP) is 5.41. The third-order valence-electron chi connectivity index (χ3n) is 4.27. The lowest BCUT2D eigenvalue weighted by molar-refractivity contribution is 0.0696. The van der Waals surface area contributed by atoms with Gasteiger partial charge in [-0.05, 0) is 43.2 Å². The maximum atomic E-state index is 13.4. The predicted molar refractivity (Wildman–Crippen MR) is 112 cm³/mol. The van der Waals surface area contributed by atoms with Crippen molar-refractivity contribution < 1.29 is 14.3 Å². The van der Waals surface area contributed by atoms with Gasteiger partial charge in [0.1, 0.15) is 5.82 Å². The van der Waals surface area contributed by atoms with Gasteiger partial charge in [-0.15, -0.1) is 11.3 Å². The average Bonchev–Trinajstić information content (AvgIpc) is 3.39. The normalized spacial score (nSPS) is 13.8. The smallest absolute Gasteiger partial charge is 0.336 e. The Morgan fingerprint density at radius 1 is 1.32 bits per heavy atom. The fourth-order valence-electron chi connectivity index (χ4n) is 2.72. The largest absolute Gasteiger partial charge is 0.478 e. The van der Waals surface area contributed by atoms with Crippen LogP contribution in [0, 0.1) is 5.82 Å². The summed E-state index contributed by atoms with van der Waals surface area (Å²) in [5, 5.41) is 18.3. The molecule has 1 aliphatic rings. The molecular formula is C20H15BrFN3O2S. The van der Waals surface area contributed by atoms with E-state index in [1.807, 2.05) is 34.7 Å². The molecule has 1 fully saturated rings. The van der Waals surface area contributed by atoms with E-state index in [1.165, 1.54) is 29.7 Å². The second-order valence-electron chi connectivity index (χ2n) is 6.38. The molecule has 5 nitrogen and oxygen atoms in total. The lowest BCUT2D eigenvalue weighted by Gasteiger charge is -2.14. The molecule has 0 spiro atoms. The molecule has 142 valence electrons. The minimum Gasteiger partial charge on any atom is -0.478 e. The van der Waals surface area contributed by atoms with Gasteiger partial charge < -0.3 is 5.11 Å². The van der Waals surface area contributed by atoms with E-state index in [1.54, 1.807) is 0 Å². The summed E-state index contributed by atoms with van der Waals surface area (Å²) in [7, 11) is 0. The maximum Gasteiger partial charge on any atom is 0.336 e. The van der Waals surface area contributed by atoms with E-state index in [0.717, 1.165) is 39.8 Å². The molecule has 28 heavy (non-hydrogen) atoms. The number of halogens is 2. The van der Waals surface area contributed by atoms with Crippen LogP contribution in [0.5, 0.6) is 0 Å². The van der Waals surface area contributed by atoms with Crippen molar-refractivity contribution in [2.45, 2.75) is 18.9 Å². The number of rotatable bonds is 6. The van der Waals surface area contributed by atoms with Gasteiger partial charge in [0.2, 0.25) is 5.13 Å². The first-order valence-electron chi connectivity index (χ1n) is 8.59. The van der Waals surface area contributed by atoms with Crippen LogP contribution in [0.4, 0.5) is 9.52 Å². The molecule has 4 rings (SSSR count). The molecule has 1 aliphatic carbocycles. The maximum absolute atomic E-state index is 13.4. The van der Waals surface area contributed by atoms with Crippen LogP contribution in [0.2, 0.25) is 0 Å². The first kappa shape index (κ1) is 18.8. The number of hydrazone groups is 1. The molecule has 0 saturated heterocycles. The molecular weight excluding hydrogens is 445 g/mol. The summed E-state index contributed by atoms with van der Waals surface area (Å²) in [6.07, 6.45) is 3.46. The number of aromatic nitrogens is 1. The molecule has 0 unspecified atom stereocenters. The highest BCUT2D eigenvalue weighted by atomic mass is 79.9. The first-order chi connectivity index (χ1) is 13.5. The van der Waals surface area contributed by atoms with Gasteiger partial charge in [0.25, 0.3) is 0 Å². The zero-order chi connectivity index (χ0) is 19.7. The van der Waals surface area contributed by atoms with E-state index in [9.17, 15) is 14.3 Å². The summed E-state index contributed by atoms with van der Waals surface area (Å²) >= 11 is 4.95. The van der Waals surface area contributed by atoms with E-state index in [-0.39, 0.29) is 11.6 Å². The Balaban J connectivity index is 1.63. The molecule has 1 N–H and O–H groups in total. The number of carboxylic acids is 1. The van der Waals surface area contributed by atoms with Crippen LogP contribution >= 0.6 is 27.3 Å². The topological polar surface area (TPSA) is 65.8 Å². The Hall–Kier alpha value is -2.58. The Labute approximate surface area is 173 Å². The van der Waals surface area contributed by atoms with Crippen molar-refractivity contribution in [2.24, 2.45) is 5.10 Å². The fraction of sp³-hybridized carbons (Fsp3) is 0.150. The summed E-state index contributed by atoms with van der Waals surface area (Å²) < 4.78 is 14.4. The van der Waals surface area contributed by atoms with Crippen LogP contribution in [-0.2, 0) is 0 Å². The van der Waals surface area contributed by atoms with E-state index in [2.05, 4.69) is 21.0 Å². The van der Waals surface area contributed by atoms with Crippen LogP contribution < -0.4 is 5.01 Å². The Morgan fingerprint density at radius 2 is 2.14 bits per heavy atom. The van der Waals surface area contributed by atoms with Gasteiger partial charge in [0, 0.05) is 21.0 Å². The van der Waals surface area contributed by atoms with Crippen LogP contribution in [-0.4, -0.2) is 28.3 Å². The first-order valence-corrected chi connectivity index (χ1v) is 10.3. The minimum atomic E-state index is -1.19. The zero-order valence-electron chi connectivity index (χ0n) is 14.5. The van der Waals surface area contributed by atoms with Gasteiger partial charge in [-0.25, -0.2) is 19.2 Å². The van der Waals surface area contributed by atoms with Crippen molar-refractivity contribution in [3.8, 4) is 11.3 Å². The number of carboxylic acid groups (broad SMARTS) is 1. The third-order valence-corrected chi connectivity index (χ3v) is 5.59. The number of hydrogen-bond acceptors (Lipinski definition) is 5. The van der Waals surface area contributed by atoms with Crippen molar-refractivity contribution >= 4 is 44.6 Å². The number of hydrogen-bond donors (Lipinski definition) is 1. The van der Waals surface area contributed by atoms with Crippen molar-refractivity contribution in [3.63, 3.8) is 0 Å². The summed E-state index contributed by atoms with van der Waals surface area (Å²) in [5.74, 6) is -1.78. The molecule has 3 aromatic rings. The van der Waals surface area contributed by atoms with E-state index < -0.39 is 11.8 Å². The summed E-state index contributed by atoms with van der Waals surface area (Å²) in [6, 6.07) is 11.8. The van der Waals surface area contributed by atoms with Crippen molar-refractivity contribution in [1.29, 1.82) is 0 Å². The van der Waals surface area contributed by atoms with Crippen molar-refractivity contribution in [2.75, 3.05) is 5.01 Å². The summed E-state index contributed by atoms with van der Waals surface area (Å²) in [5.41, 5.74) is 2.09. The highest BCUT2D eigenvalue weighted by Gasteiger charge is 2.31. The molecule has 0 bridgehead atoms. The molecule has 1 heterocycles. The number of nitrogens with zero attached hydrogens (tertiary/aromatic N) is 3. The van der Waals surface area contributed by atoms with Crippen LogP contribution in [0.25, 0.3) is 11.3 Å². The SMILES string of the molecule is O=C(O)c1cc(F)ccc1/C=N/N(c1nc(-c2cccc(Br)c2)cs1)C1CC1. The number of thiazole rings is 1. The Morgan fingerprint density at radius 3 is 2.86 bits per heavy atom. The number of anilines is 1. The lowest BCUT2D eigenvalue weighted by Crippen LogP contribution is -2.19. The van der Waals surface area contributed by atoms with Crippen LogP contribution in [0.3, 0.4) is 0 Å². The van der Waals surface area contributed by atoms with Gasteiger partial charge >= 0.3 is 5.97 Å². The number of carbonyl (C=O) groups is 1. The second kappa shape index (κ2) is 7.81. The fourth-order valence-corrected chi connectivity index (χ4v) is 3.98. The molecule has 0 radical (unpaired) electrons. The van der Waals surface area contributed by atoms with E-state index in [0.29, 0.717) is 5.56 Å². The molecule has 0 amide bonds. The monoisotopic (exact) mass is 459 g/mol. The third kappa shape index (κ3) is 4.13. The second-order valence-corrected chi connectivity index (χ2v) is 8.13. The molecule has 1 saturated carbocycles. The van der Waals surface area contributed by atoms with Gasteiger partial charge in [0.15, 0.2) is 0 Å². The standard InChI is InChI=1S/C20H15BrFN3O2S/c21-14-3-1-2-12(8-14)18-11-28-20(24-18)25(16-6-7-16)23-10-13-4-5-15(22)9-17(13)19(26)27/h1-5,8-11,16H,6-7H2,(H,26,27)/b23-10+. The number of benzene rings is 2. The van der Waals surface area contributed by atoms with Crippen LogP contribution in [0.1, 0.15) is 28.8 Å². The minimum absolute atomic E-state index is 0.117. The Kier molecular flexibility index (Phi) is 5.23. The highest BCUT2D eigenvalue weighted by molar-refractivity contribution is 9.10. The highest BCUT2D eigenvalue weighted by Crippen LogP contribution is 2.36. The lowest BCUT2D eigenvalue weighted by atomic mass is 10.1. The van der Waals surface area contributed by atoms with E-state index >= 15 is 0 Å². The molecule has 0 atom stereocenters. The molecule has 8 heteroatoms. The van der Waals surface area contributed by atoms with Crippen molar-refractivity contribution in [3.05, 3.63) is 69.3 Å². The summed E-state index contributed by atoms with van der Waals surface area (Å²) in [4.78, 5) is 16.1. The van der Waals surface area contributed by atoms with Gasteiger partial charge in [-0.1, -0.05) is 28.1 Å². The van der Waals surface area contributed by atoms with Gasteiger partial charge in [-0.3, -0.25) is 0 Å². The number of aromatic carboxylic acids is 1. The zero-order valence-corrected chi connectivity index (χ0v) is 17.0. The molecule has 0 aliphatic heterocycles. The van der Waals surface area contributed by atoms with Gasteiger partial charge in [0.05, 0.1) is 23.5 Å². The summed E-state index contributed by atoms with van der Waals surface area (Å²) in [6.45, 7) is 0. The van der Waals surface area contributed by atoms with Gasteiger partial charge in [-0.2, -0.15) is 5.10 Å². The quantitative estimate of drug-likeness (QED) is 0.395. The van der Waals surface area contributed by atoms with E-state index in [4.69, 9.17) is 4.98 Å².